The summed E-state index contributed by atoms with van der Waals surface area (Å²) in [7, 11) is 4.71. The van der Waals surface area contributed by atoms with Gasteiger partial charge in [0.05, 0.1) is 27.0 Å². The van der Waals surface area contributed by atoms with Gasteiger partial charge in [-0.3, -0.25) is 9.20 Å². The normalized spacial score (nSPS) is 10.8. The van der Waals surface area contributed by atoms with Gasteiger partial charge in [-0.15, -0.1) is 11.3 Å². The number of nitrogens with zero attached hydrogens (tertiary/aromatic N) is 2. The lowest BCUT2D eigenvalue weighted by molar-refractivity contribution is -0.116. The number of anilines is 1. The number of carbonyl (C=O) groups excluding carboxylic acids is 1. The van der Waals surface area contributed by atoms with Crippen LogP contribution in [0.2, 0.25) is 0 Å². The second-order valence-electron chi connectivity index (χ2n) is 6.88. The minimum Gasteiger partial charge on any atom is -0.493 e. The summed E-state index contributed by atoms with van der Waals surface area (Å²) in [6.07, 6.45) is 4.86. The molecule has 8 heteroatoms. The second-order valence-corrected chi connectivity index (χ2v) is 7.75. The van der Waals surface area contributed by atoms with Crippen molar-refractivity contribution in [1.82, 2.24) is 9.38 Å². The average Bonchev–Trinajstić information content (AvgIpc) is 3.40. The van der Waals surface area contributed by atoms with E-state index in [1.807, 2.05) is 58.6 Å². The highest BCUT2D eigenvalue weighted by atomic mass is 32.1. The zero-order valence-corrected chi connectivity index (χ0v) is 18.4. The van der Waals surface area contributed by atoms with E-state index in [1.54, 1.807) is 32.7 Å². The Morgan fingerprint density at radius 1 is 1.06 bits per heavy atom. The molecular formula is C23H23N3O4S. The number of imidazole rings is 1. The van der Waals surface area contributed by atoms with E-state index in [9.17, 15) is 4.79 Å². The summed E-state index contributed by atoms with van der Waals surface area (Å²) in [6.45, 7) is 0. The van der Waals surface area contributed by atoms with E-state index in [-0.39, 0.29) is 5.91 Å². The Hall–Kier alpha value is -3.52. The van der Waals surface area contributed by atoms with Crippen molar-refractivity contribution in [2.75, 3.05) is 26.6 Å². The number of thiazole rings is 1. The van der Waals surface area contributed by atoms with Crippen LogP contribution in [-0.4, -0.2) is 36.6 Å². The lowest BCUT2D eigenvalue weighted by Gasteiger charge is -2.14. The standard InChI is InChI=1S/C23H23N3O4S/c1-28-19-12-15(13-20(29-2)22(19)30-3)4-9-21(27)24-17-7-5-16(6-8-17)18-14-26-10-11-31-23(26)25-18/h5-8,10-14H,4,9H2,1-3H3,(H,24,27). The molecule has 4 aromatic rings. The van der Waals surface area contributed by atoms with E-state index in [0.29, 0.717) is 30.1 Å². The number of aromatic nitrogens is 2. The van der Waals surface area contributed by atoms with Gasteiger partial charge in [-0.25, -0.2) is 4.98 Å². The fourth-order valence-corrected chi connectivity index (χ4v) is 4.05. The average molecular weight is 438 g/mol. The summed E-state index contributed by atoms with van der Waals surface area (Å²) in [5, 5.41) is 4.95. The Morgan fingerprint density at radius 2 is 1.77 bits per heavy atom. The van der Waals surface area contributed by atoms with Crippen molar-refractivity contribution in [2.24, 2.45) is 0 Å². The Morgan fingerprint density at radius 3 is 2.39 bits per heavy atom. The van der Waals surface area contributed by atoms with E-state index in [1.165, 1.54) is 0 Å². The molecule has 0 radical (unpaired) electrons. The number of carbonyl (C=O) groups is 1. The first-order valence-corrected chi connectivity index (χ1v) is 10.6. The monoisotopic (exact) mass is 437 g/mol. The lowest BCUT2D eigenvalue weighted by atomic mass is 10.1. The summed E-state index contributed by atoms with van der Waals surface area (Å²) < 4.78 is 18.1. The smallest absolute Gasteiger partial charge is 0.224 e. The predicted octanol–water partition coefficient (Wildman–Crippen LogP) is 4.66. The lowest BCUT2D eigenvalue weighted by Crippen LogP contribution is -2.12. The first-order chi connectivity index (χ1) is 15.1. The molecule has 0 bridgehead atoms. The van der Waals surface area contributed by atoms with E-state index in [2.05, 4.69) is 10.3 Å². The van der Waals surface area contributed by atoms with Crippen LogP contribution in [0.15, 0.2) is 54.2 Å². The first-order valence-electron chi connectivity index (χ1n) is 9.72. The summed E-state index contributed by atoms with van der Waals surface area (Å²) in [6, 6.07) is 11.4. The number of aryl methyl sites for hydroxylation is 1. The summed E-state index contributed by atoms with van der Waals surface area (Å²) >= 11 is 1.60. The van der Waals surface area contributed by atoms with Gasteiger partial charge in [0.2, 0.25) is 11.7 Å². The number of benzene rings is 2. The number of rotatable bonds is 8. The highest BCUT2D eigenvalue weighted by Crippen LogP contribution is 2.38. The van der Waals surface area contributed by atoms with Gasteiger partial charge >= 0.3 is 0 Å². The largest absolute Gasteiger partial charge is 0.493 e. The number of nitrogens with one attached hydrogen (secondary N) is 1. The van der Waals surface area contributed by atoms with Crippen molar-refractivity contribution < 1.29 is 19.0 Å². The van der Waals surface area contributed by atoms with Crippen LogP contribution >= 0.6 is 11.3 Å². The molecule has 1 N–H and O–H groups in total. The molecule has 0 aliphatic carbocycles. The van der Waals surface area contributed by atoms with Crippen LogP contribution in [0.25, 0.3) is 16.2 Å². The van der Waals surface area contributed by atoms with Crippen molar-refractivity contribution in [3.63, 3.8) is 0 Å². The third-order valence-electron chi connectivity index (χ3n) is 4.92. The maximum Gasteiger partial charge on any atom is 0.224 e. The molecule has 0 unspecified atom stereocenters. The molecule has 0 saturated heterocycles. The van der Waals surface area contributed by atoms with E-state index < -0.39 is 0 Å². The number of amides is 1. The van der Waals surface area contributed by atoms with Gasteiger partial charge in [-0.05, 0) is 36.2 Å². The number of fused-ring (bicyclic) bond motifs is 1. The molecule has 0 saturated carbocycles. The first kappa shape index (κ1) is 20.7. The predicted molar refractivity (Wildman–Crippen MR) is 122 cm³/mol. The maximum absolute atomic E-state index is 12.4. The van der Waals surface area contributed by atoms with Crippen LogP contribution < -0.4 is 19.5 Å². The molecule has 160 valence electrons. The van der Waals surface area contributed by atoms with Gasteiger partial charge in [0, 0.05) is 35.4 Å². The number of ether oxygens (including phenoxy) is 3. The Bertz CT molecular complexity index is 1140. The van der Waals surface area contributed by atoms with Gasteiger partial charge in [0.1, 0.15) is 0 Å². The number of hydrogen-bond acceptors (Lipinski definition) is 6. The number of hydrogen-bond donors (Lipinski definition) is 1. The Kier molecular flexibility index (Phi) is 6.08. The van der Waals surface area contributed by atoms with Crippen molar-refractivity contribution in [1.29, 1.82) is 0 Å². The van der Waals surface area contributed by atoms with E-state index >= 15 is 0 Å². The Labute approximate surface area is 184 Å². The van der Waals surface area contributed by atoms with Gasteiger partial charge in [0.15, 0.2) is 16.5 Å². The molecule has 0 atom stereocenters. The molecule has 31 heavy (non-hydrogen) atoms. The topological polar surface area (TPSA) is 74.1 Å². The maximum atomic E-state index is 12.4. The third-order valence-corrected chi connectivity index (χ3v) is 5.69. The quantitative estimate of drug-likeness (QED) is 0.434. The fraction of sp³-hybridized carbons (Fsp3) is 0.217. The SMILES string of the molecule is COc1cc(CCC(=O)Nc2ccc(-c3cn4ccsc4n3)cc2)cc(OC)c1OC. The molecular weight excluding hydrogens is 414 g/mol. The van der Waals surface area contributed by atoms with Crippen molar-refractivity contribution in [3.05, 3.63) is 59.7 Å². The molecule has 1 amide bonds. The van der Waals surface area contributed by atoms with Crippen molar-refractivity contribution in [2.45, 2.75) is 12.8 Å². The summed E-state index contributed by atoms with van der Waals surface area (Å²) in [5.74, 6) is 1.62. The van der Waals surface area contributed by atoms with Crippen LogP contribution in [0.4, 0.5) is 5.69 Å². The molecule has 4 rings (SSSR count). The van der Waals surface area contributed by atoms with Crippen molar-refractivity contribution in [3.8, 4) is 28.5 Å². The molecule has 0 fully saturated rings. The van der Waals surface area contributed by atoms with Gasteiger partial charge in [-0.2, -0.15) is 0 Å². The van der Waals surface area contributed by atoms with Crippen LogP contribution in [0.3, 0.4) is 0 Å². The van der Waals surface area contributed by atoms with Crippen LogP contribution in [0.5, 0.6) is 17.2 Å². The van der Waals surface area contributed by atoms with E-state index in [0.717, 1.165) is 27.5 Å². The summed E-state index contributed by atoms with van der Waals surface area (Å²) in [4.78, 5) is 18.0. The van der Waals surface area contributed by atoms with Gasteiger partial charge in [-0.1, -0.05) is 12.1 Å². The molecule has 2 aromatic heterocycles. The van der Waals surface area contributed by atoms with E-state index in [4.69, 9.17) is 14.2 Å². The summed E-state index contributed by atoms with van der Waals surface area (Å²) in [5.41, 5.74) is 3.60. The molecule has 2 aromatic carbocycles. The van der Waals surface area contributed by atoms with Gasteiger partial charge in [0.25, 0.3) is 0 Å². The molecule has 0 spiro atoms. The van der Waals surface area contributed by atoms with Gasteiger partial charge < -0.3 is 19.5 Å². The minimum atomic E-state index is -0.0657. The highest BCUT2D eigenvalue weighted by Gasteiger charge is 2.14. The zero-order chi connectivity index (χ0) is 21.8. The molecule has 0 aliphatic rings. The fourth-order valence-electron chi connectivity index (χ4n) is 3.35. The zero-order valence-electron chi connectivity index (χ0n) is 17.5. The highest BCUT2D eigenvalue weighted by molar-refractivity contribution is 7.15. The molecule has 0 aliphatic heterocycles. The van der Waals surface area contributed by atoms with Crippen LogP contribution in [0, 0.1) is 0 Å². The Balaban J connectivity index is 1.38. The van der Waals surface area contributed by atoms with Crippen LogP contribution in [-0.2, 0) is 11.2 Å². The second kappa shape index (κ2) is 9.09. The number of methoxy groups -OCH3 is 3. The third kappa shape index (κ3) is 4.49. The minimum absolute atomic E-state index is 0.0657. The molecule has 7 nitrogen and oxygen atoms in total. The van der Waals surface area contributed by atoms with Crippen LogP contribution in [0.1, 0.15) is 12.0 Å². The van der Waals surface area contributed by atoms with Crippen molar-refractivity contribution >= 4 is 27.9 Å². The molecule has 2 heterocycles.